The van der Waals surface area contributed by atoms with Gasteiger partial charge in [-0.15, -0.1) is 0 Å². The number of nitrogens with one attached hydrogen (secondary N) is 1. The first-order valence-corrected chi connectivity index (χ1v) is 9.14. The van der Waals surface area contributed by atoms with Crippen LogP contribution in [-0.2, 0) is 11.2 Å². The van der Waals surface area contributed by atoms with E-state index in [9.17, 15) is 4.79 Å². The molecule has 0 aliphatic carbocycles. The molecule has 0 bridgehead atoms. The highest BCUT2D eigenvalue weighted by Crippen LogP contribution is 2.20. The van der Waals surface area contributed by atoms with E-state index in [1.54, 1.807) is 6.20 Å². The van der Waals surface area contributed by atoms with Gasteiger partial charge in [0.05, 0.1) is 17.9 Å². The maximum atomic E-state index is 12.2. The lowest BCUT2D eigenvalue weighted by atomic mass is 10.2. The fraction of sp³-hybridized carbons (Fsp3) is 0.182. The van der Waals surface area contributed by atoms with E-state index in [1.165, 1.54) is 0 Å². The van der Waals surface area contributed by atoms with Gasteiger partial charge in [0.2, 0.25) is 5.91 Å². The Bertz CT molecular complexity index is 895. The molecule has 6 nitrogen and oxygen atoms in total. The zero-order valence-corrected chi connectivity index (χ0v) is 15.8. The number of hydrogen-bond acceptors (Lipinski definition) is 5. The molecule has 0 saturated carbocycles. The molecule has 0 unspecified atom stereocenters. The highest BCUT2D eigenvalue weighted by Gasteiger charge is 2.07. The van der Waals surface area contributed by atoms with Crippen LogP contribution in [0.3, 0.4) is 0 Å². The van der Waals surface area contributed by atoms with E-state index in [2.05, 4.69) is 20.5 Å². The number of carbonyl (C=O) groups excluding carboxylic acids is 1. The van der Waals surface area contributed by atoms with E-state index in [0.717, 1.165) is 35.7 Å². The second-order valence-electron chi connectivity index (χ2n) is 6.44. The van der Waals surface area contributed by atoms with Gasteiger partial charge in [-0.1, -0.05) is 24.3 Å². The van der Waals surface area contributed by atoms with Gasteiger partial charge in [-0.3, -0.25) is 14.7 Å². The number of benzene rings is 2. The predicted molar refractivity (Wildman–Crippen MR) is 111 cm³/mol. The van der Waals surface area contributed by atoms with Crippen LogP contribution < -0.4 is 5.32 Å². The van der Waals surface area contributed by atoms with Crippen LogP contribution in [-0.4, -0.2) is 35.9 Å². The molecule has 0 aliphatic heterocycles. The minimum atomic E-state index is -0.0535. The van der Waals surface area contributed by atoms with Gasteiger partial charge in [0.25, 0.3) is 0 Å². The van der Waals surface area contributed by atoms with Crippen LogP contribution in [0, 0.1) is 0 Å². The zero-order valence-electron chi connectivity index (χ0n) is 15.8. The van der Waals surface area contributed by atoms with Crippen molar-refractivity contribution in [2.45, 2.75) is 6.42 Å². The number of azo groups is 1. The van der Waals surface area contributed by atoms with Gasteiger partial charge in [0.1, 0.15) is 0 Å². The molecule has 0 aliphatic rings. The van der Waals surface area contributed by atoms with Crippen molar-refractivity contribution in [1.82, 2.24) is 9.88 Å². The van der Waals surface area contributed by atoms with Crippen molar-refractivity contribution in [1.29, 1.82) is 0 Å². The fourth-order valence-electron chi connectivity index (χ4n) is 2.60. The van der Waals surface area contributed by atoms with Crippen LogP contribution in [0.1, 0.15) is 5.69 Å². The Hall–Kier alpha value is -3.38. The Labute approximate surface area is 165 Å². The molecule has 1 amide bonds. The second kappa shape index (κ2) is 10.1. The van der Waals surface area contributed by atoms with Gasteiger partial charge in [-0.2, -0.15) is 10.2 Å². The average molecular weight is 373 g/mol. The SMILES string of the molecule is CN(CCc1ccccn1)CC(=O)Nc1ccc(N=Nc2ccccc2)cc1. The summed E-state index contributed by atoms with van der Waals surface area (Å²) in [5, 5.41) is 11.3. The molecule has 0 spiro atoms. The number of aromatic nitrogens is 1. The number of anilines is 1. The van der Waals surface area contributed by atoms with Crippen molar-refractivity contribution >= 4 is 23.0 Å². The lowest BCUT2D eigenvalue weighted by Crippen LogP contribution is -2.31. The van der Waals surface area contributed by atoms with E-state index >= 15 is 0 Å². The minimum absolute atomic E-state index is 0.0535. The van der Waals surface area contributed by atoms with E-state index in [1.807, 2.05) is 84.7 Å². The van der Waals surface area contributed by atoms with Gasteiger partial charge in [0, 0.05) is 30.5 Å². The second-order valence-corrected chi connectivity index (χ2v) is 6.44. The molecule has 2 aromatic carbocycles. The molecule has 6 heteroatoms. The van der Waals surface area contributed by atoms with Gasteiger partial charge < -0.3 is 5.32 Å². The first kappa shape index (κ1) is 19.4. The summed E-state index contributed by atoms with van der Waals surface area (Å²) < 4.78 is 0. The predicted octanol–water partition coefficient (Wildman–Crippen LogP) is 4.61. The van der Waals surface area contributed by atoms with Crippen LogP contribution in [0.2, 0.25) is 0 Å². The Kier molecular flexibility index (Phi) is 6.98. The van der Waals surface area contributed by atoms with Crippen LogP contribution in [0.5, 0.6) is 0 Å². The number of pyridine rings is 1. The number of hydrogen-bond donors (Lipinski definition) is 1. The molecule has 1 aromatic heterocycles. The molecule has 28 heavy (non-hydrogen) atoms. The standard InChI is InChI=1S/C22H23N5O/c1-27(16-14-18-7-5-6-15-23-18)17-22(28)24-19-10-12-21(13-11-19)26-25-20-8-3-2-4-9-20/h2-13,15H,14,16-17H2,1H3,(H,24,28). The third-order valence-electron chi connectivity index (χ3n) is 4.08. The lowest BCUT2D eigenvalue weighted by molar-refractivity contribution is -0.117. The van der Waals surface area contributed by atoms with Crippen LogP contribution in [0.4, 0.5) is 17.1 Å². The Morgan fingerprint density at radius 2 is 1.61 bits per heavy atom. The summed E-state index contributed by atoms with van der Waals surface area (Å²) in [5.74, 6) is -0.0535. The summed E-state index contributed by atoms with van der Waals surface area (Å²) in [4.78, 5) is 18.5. The Morgan fingerprint density at radius 3 is 2.29 bits per heavy atom. The van der Waals surface area contributed by atoms with Gasteiger partial charge >= 0.3 is 0 Å². The maximum Gasteiger partial charge on any atom is 0.238 e. The smallest absolute Gasteiger partial charge is 0.238 e. The van der Waals surface area contributed by atoms with E-state index in [-0.39, 0.29) is 5.91 Å². The van der Waals surface area contributed by atoms with Crippen molar-refractivity contribution in [3.63, 3.8) is 0 Å². The van der Waals surface area contributed by atoms with Crippen molar-refractivity contribution in [2.75, 3.05) is 25.5 Å². The molecule has 0 saturated heterocycles. The summed E-state index contributed by atoms with van der Waals surface area (Å²) in [6.45, 7) is 1.09. The highest BCUT2D eigenvalue weighted by atomic mass is 16.2. The van der Waals surface area contributed by atoms with Crippen LogP contribution >= 0.6 is 0 Å². The van der Waals surface area contributed by atoms with E-state index < -0.39 is 0 Å². The molecule has 3 aromatic rings. The third-order valence-corrected chi connectivity index (χ3v) is 4.08. The van der Waals surface area contributed by atoms with Crippen LogP contribution in [0.25, 0.3) is 0 Å². The van der Waals surface area contributed by atoms with Crippen molar-refractivity contribution < 1.29 is 4.79 Å². The molecule has 3 rings (SSSR count). The summed E-state index contributed by atoms with van der Waals surface area (Å²) in [6.07, 6.45) is 2.59. The summed E-state index contributed by atoms with van der Waals surface area (Å²) in [6, 6.07) is 22.7. The quantitative estimate of drug-likeness (QED) is 0.586. The molecule has 1 N–H and O–H groups in total. The third kappa shape index (κ3) is 6.41. The maximum absolute atomic E-state index is 12.2. The van der Waals surface area contributed by atoms with E-state index in [4.69, 9.17) is 0 Å². The molecule has 0 atom stereocenters. The Morgan fingerprint density at radius 1 is 0.929 bits per heavy atom. The highest BCUT2D eigenvalue weighted by molar-refractivity contribution is 5.92. The fourth-order valence-corrected chi connectivity index (χ4v) is 2.60. The largest absolute Gasteiger partial charge is 0.325 e. The molecule has 0 fully saturated rings. The Balaban J connectivity index is 1.45. The number of carbonyl (C=O) groups is 1. The number of likely N-dealkylation sites (N-methyl/N-ethyl adjacent to an activating group) is 1. The molecule has 0 radical (unpaired) electrons. The lowest BCUT2D eigenvalue weighted by Gasteiger charge is -2.16. The minimum Gasteiger partial charge on any atom is -0.325 e. The monoisotopic (exact) mass is 373 g/mol. The normalized spacial score (nSPS) is 11.1. The molecular formula is C22H23N5O. The van der Waals surface area contributed by atoms with Crippen molar-refractivity contribution in [3.05, 3.63) is 84.7 Å². The summed E-state index contributed by atoms with van der Waals surface area (Å²) in [7, 11) is 1.93. The molecular weight excluding hydrogens is 350 g/mol. The topological polar surface area (TPSA) is 70.0 Å². The van der Waals surface area contributed by atoms with Gasteiger partial charge in [-0.05, 0) is 55.6 Å². The first-order chi connectivity index (χ1) is 13.7. The number of rotatable bonds is 8. The molecule has 1 heterocycles. The van der Waals surface area contributed by atoms with Crippen LogP contribution in [0.15, 0.2) is 89.2 Å². The van der Waals surface area contributed by atoms with Gasteiger partial charge in [0.15, 0.2) is 0 Å². The number of nitrogens with zero attached hydrogens (tertiary/aromatic N) is 4. The van der Waals surface area contributed by atoms with E-state index in [0.29, 0.717) is 6.54 Å². The van der Waals surface area contributed by atoms with Crippen molar-refractivity contribution in [2.24, 2.45) is 10.2 Å². The number of amides is 1. The molecule has 142 valence electrons. The first-order valence-electron chi connectivity index (χ1n) is 9.14. The summed E-state index contributed by atoms with van der Waals surface area (Å²) in [5.41, 5.74) is 3.29. The van der Waals surface area contributed by atoms with Gasteiger partial charge in [-0.25, -0.2) is 0 Å². The zero-order chi connectivity index (χ0) is 19.6. The van der Waals surface area contributed by atoms with Crippen molar-refractivity contribution in [3.8, 4) is 0 Å². The average Bonchev–Trinajstić information content (AvgIpc) is 2.73. The summed E-state index contributed by atoms with van der Waals surface area (Å²) >= 11 is 0.